The van der Waals surface area contributed by atoms with Gasteiger partial charge in [0.2, 0.25) is 0 Å². The van der Waals surface area contributed by atoms with Gasteiger partial charge < -0.3 is 18.8 Å². The molecule has 2 aromatic heterocycles. The smallest absolute Gasteiger partial charge is 0.275 e. The molecule has 2 unspecified atom stereocenters. The molecule has 7 heteroatoms. The molecule has 1 fully saturated rings. The second-order valence-electron chi connectivity index (χ2n) is 7.96. The van der Waals surface area contributed by atoms with Crippen LogP contribution >= 0.6 is 0 Å². The topological polar surface area (TPSA) is 69.4 Å². The third-order valence-corrected chi connectivity index (χ3v) is 6.07. The van der Waals surface area contributed by atoms with E-state index in [1.807, 2.05) is 48.4 Å². The minimum absolute atomic E-state index is 0.0422. The van der Waals surface area contributed by atoms with Crippen LogP contribution in [0.25, 0.3) is 5.69 Å². The molecule has 7 nitrogen and oxygen atoms in total. The van der Waals surface area contributed by atoms with Crippen LogP contribution in [0.15, 0.2) is 59.8 Å². The Morgan fingerprint density at radius 2 is 1.90 bits per heavy atom. The molecule has 0 saturated heterocycles. The number of nitrogens with zero attached hydrogens (tertiary/aromatic N) is 4. The zero-order valence-electron chi connectivity index (χ0n) is 16.9. The lowest BCUT2D eigenvalue weighted by Gasteiger charge is -2.45. The summed E-state index contributed by atoms with van der Waals surface area (Å²) in [7, 11) is 0. The highest BCUT2D eigenvalue weighted by Crippen LogP contribution is 2.31. The van der Waals surface area contributed by atoms with E-state index in [1.54, 1.807) is 27.6 Å². The van der Waals surface area contributed by atoms with E-state index in [1.165, 1.54) is 0 Å². The van der Waals surface area contributed by atoms with Crippen molar-refractivity contribution in [2.24, 2.45) is 0 Å². The minimum atomic E-state index is -0.164. The number of ether oxygens (including phenoxy) is 1. The maximum atomic E-state index is 13.2. The average Bonchev–Trinajstić information content (AvgIpc) is 3.16. The third-order valence-electron chi connectivity index (χ3n) is 6.07. The van der Waals surface area contributed by atoms with E-state index < -0.39 is 0 Å². The number of carbonyl (C=O) groups is 1. The SMILES string of the molecule is Cc1cn(-c2ccc3n(c2=O)CCN(C2CCC2OCc2ccccc2)C3=O)cn1. The monoisotopic (exact) mass is 404 g/mol. The molecule has 5 rings (SSSR count). The van der Waals surface area contributed by atoms with Gasteiger partial charge in [0.05, 0.1) is 30.8 Å². The zero-order valence-corrected chi connectivity index (χ0v) is 16.9. The highest BCUT2D eigenvalue weighted by atomic mass is 16.5. The van der Waals surface area contributed by atoms with Crippen LogP contribution in [0.4, 0.5) is 0 Å². The number of hydrogen-bond donors (Lipinski definition) is 0. The van der Waals surface area contributed by atoms with Crippen molar-refractivity contribution in [3.05, 3.63) is 82.3 Å². The Labute approximate surface area is 174 Å². The molecule has 1 aliphatic heterocycles. The molecule has 0 radical (unpaired) electrons. The number of benzene rings is 1. The number of pyridine rings is 1. The van der Waals surface area contributed by atoms with Crippen molar-refractivity contribution in [3.8, 4) is 5.69 Å². The molecule has 3 aromatic rings. The first-order chi connectivity index (χ1) is 14.6. The van der Waals surface area contributed by atoms with Crippen molar-refractivity contribution < 1.29 is 9.53 Å². The van der Waals surface area contributed by atoms with E-state index in [4.69, 9.17) is 4.74 Å². The fourth-order valence-electron chi connectivity index (χ4n) is 4.28. The number of hydrogen-bond acceptors (Lipinski definition) is 4. The van der Waals surface area contributed by atoms with Gasteiger partial charge in [-0.25, -0.2) is 4.98 Å². The Bertz CT molecular complexity index is 1130. The molecule has 0 spiro atoms. The van der Waals surface area contributed by atoms with Gasteiger partial charge in [-0.3, -0.25) is 9.59 Å². The number of fused-ring (bicyclic) bond motifs is 1. The second-order valence-corrected chi connectivity index (χ2v) is 7.96. The molecule has 30 heavy (non-hydrogen) atoms. The van der Waals surface area contributed by atoms with Crippen molar-refractivity contribution in [3.63, 3.8) is 0 Å². The maximum absolute atomic E-state index is 13.2. The molecule has 0 bridgehead atoms. The Morgan fingerprint density at radius 1 is 1.07 bits per heavy atom. The molecule has 1 saturated carbocycles. The maximum Gasteiger partial charge on any atom is 0.275 e. The Hall–Kier alpha value is -3.19. The van der Waals surface area contributed by atoms with Crippen LogP contribution in [0.5, 0.6) is 0 Å². The summed E-state index contributed by atoms with van der Waals surface area (Å²) in [6, 6.07) is 13.6. The fraction of sp³-hybridized carbons (Fsp3) is 0.348. The molecule has 2 aliphatic rings. The quantitative estimate of drug-likeness (QED) is 0.655. The number of carbonyl (C=O) groups excluding carboxylic acids is 1. The number of imidazole rings is 1. The zero-order chi connectivity index (χ0) is 20.7. The van der Waals surface area contributed by atoms with E-state index in [2.05, 4.69) is 4.98 Å². The van der Waals surface area contributed by atoms with Crippen molar-refractivity contribution in [1.29, 1.82) is 0 Å². The van der Waals surface area contributed by atoms with Gasteiger partial charge in [0.15, 0.2) is 0 Å². The number of aryl methyl sites for hydroxylation is 1. The highest BCUT2D eigenvalue weighted by Gasteiger charge is 2.41. The van der Waals surface area contributed by atoms with E-state index in [0.29, 0.717) is 31.1 Å². The number of aromatic nitrogens is 3. The summed E-state index contributed by atoms with van der Waals surface area (Å²) >= 11 is 0. The standard InChI is InChI=1S/C23H24N4O3/c1-16-13-25(15-24-16)19-7-8-20-23(29)26(11-12-27(20)22(19)28)18-9-10-21(18)30-14-17-5-3-2-4-6-17/h2-8,13,15,18,21H,9-12,14H2,1H3. The van der Waals surface area contributed by atoms with Crippen molar-refractivity contribution in [1.82, 2.24) is 19.0 Å². The highest BCUT2D eigenvalue weighted by molar-refractivity contribution is 5.93. The molecule has 0 N–H and O–H groups in total. The summed E-state index contributed by atoms with van der Waals surface area (Å²) in [6.07, 6.45) is 5.36. The summed E-state index contributed by atoms with van der Waals surface area (Å²) in [5.74, 6) is -0.0928. The van der Waals surface area contributed by atoms with Gasteiger partial charge in [-0.15, -0.1) is 0 Å². The van der Waals surface area contributed by atoms with E-state index in [-0.39, 0.29) is 23.6 Å². The average molecular weight is 404 g/mol. The summed E-state index contributed by atoms with van der Waals surface area (Å²) in [5, 5.41) is 0. The molecule has 1 aromatic carbocycles. The Kier molecular flexibility index (Phi) is 4.75. The van der Waals surface area contributed by atoms with Crippen LogP contribution in [0.3, 0.4) is 0 Å². The number of rotatable bonds is 5. The number of amides is 1. The van der Waals surface area contributed by atoms with E-state index >= 15 is 0 Å². The summed E-state index contributed by atoms with van der Waals surface area (Å²) in [4.78, 5) is 32.2. The second kappa shape index (κ2) is 7.57. The molecule has 1 amide bonds. The van der Waals surface area contributed by atoms with Gasteiger partial charge in [0.1, 0.15) is 11.4 Å². The third kappa shape index (κ3) is 3.25. The lowest BCUT2D eigenvalue weighted by atomic mass is 9.86. The molecule has 1 aliphatic carbocycles. The van der Waals surface area contributed by atoms with Crippen LogP contribution in [0, 0.1) is 6.92 Å². The molecular weight excluding hydrogens is 380 g/mol. The Morgan fingerprint density at radius 3 is 2.60 bits per heavy atom. The predicted molar refractivity (Wildman–Crippen MR) is 112 cm³/mol. The minimum Gasteiger partial charge on any atom is -0.371 e. The van der Waals surface area contributed by atoms with Crippen molar-refractivity contribution >= 4 is 5.91 Å². The van der Waals surface area contributed by atoms with Crippen LogP contribution in [-0.4, -0.2) is 43.6 Å². The van der Waals surface area contributed by atoms with Gasteiger partial charge in [-0.1, -0.05) is 30.3 Å². The molecule has 2 atom stereocenters. The lowest BCUT2D eigenvalue weighted by Crippen LogP contribution is -2.57. The normalized spacial score (nSPS) is 20.7. The van der Waals surface area contributed by atoms with Crippen LogP contribution in [0.2, 0.25) is 0 Å². The van der Waals surface area contributed by atoms with Crippen molar-refractivity contribution in [2.75, 3.05) is 6.54 Å². The van der Waals surface area contributed by atoms with E-state index in [0.717, 1.165) is 24.1 Å². The lowest BCUT2D eigenvalue weighted by molar-refractivity contribution is -0.0723. The summed E-state index contributed by atoms with van der Waals surface area (Å²) < 4.78 is 9.39. The molecule has 3 heterocycles. The Balaban J connectivity index is 1.33. The van der Waals surface area contributed by atoms with Crippen LogP contribution < -0.4 is 5.56 Å². The predicted octanol–water partition coefficient (Wildman–Crippen LogP) is 2.55. The van der Waals surface area contributed by atoms with Crippen LogP contribution in [-0.2, 0) is 17.9 Å². The van der Waals surface area contributed by atoms with Gasteiger partial charge in [0.25, 0.3) is 11.5 Å². The first kappa shape index (κ1) is 18.8. The molecular formula is C23H24N4O3. The largest absolute Gasteiger partial charge is 0.371 e. The first-order valence-corrected chi connectivity index (χ1v) is 10.3. The van der Waals surface area contributed by atoms with Gasteiger partial charge in [-0.05, 0) is 37.5 Å². The van der Waals surface area contributed by atoms with Crippen molar-refractivity contribution in [2.45, 2.75) is 45.1 Å². The van der Waals surface area contributed by atoms with Gasteiger partial charge in [0, 0.05) is 19.3 Å². The van der Waals surface area contributed by atoms with Gasteiger partial charge in [-0.2, -0.15) is 0 Å². The summed E-state index contributed by atoms with van der Waals surface area (Å²) in [5.41, 5.74) is 2.76. The molecule has 154 valence electrons. The van der Waals surface area contributed by atoms with Crippen LogP contribution in [0.1, 0.15) is 34.6 Å². The van der Waals surface area contributed by atoms with Gasteiger partial charge >= 0.3 is 0 Å². The summed E-state index contributed by atoms with van der Waals surface area (Å²) in [6.45, 7) is 3.44. The fourth-order valence-corrected chi connectivity index (χ4v) is 4.28. The van der Waals surface area contributed by atoms with E-state index in [9.17, 15) is 9.59 Å². The first-order valence-electron chi connectivity index (χ1n) is 10.3.